The molecule has 5 nitrogen and oxygen atoms in total. The molecule has 1 aromatic rings. The summed E-state index contributed by atoms with van der Waals surface area (Å²) in [6, 6.07) is 9.22. The molecule has 0 radical (unpaired) electrons. The van der Waals surface area contributed by atoms with Crippen molar-refractivity contribution in [3.05, 3.63) is 47.0 Å². The van der Waals surface area contributed by atoms with E-state index in [1.165, 1.54) is 16.7 Å². The van der Waals surface area contributed by atoms with E-state index in [-0.39, 0.29) is 24.0 Å². The van der Waals surface area contributed by atoms with E-state index in [0.29, 0.717) is 6.04 Å². The highest BCUT2D eigenvalue weighted by molar-refractivity contribution is 14.0. The lowest BCUT2D eigenvalue weighted by molar-refractivity contribution is 0.153. The van der Waals surface area contributed by atoms with Gasteiger partial charge in [0.25, 0.3) is 0 Å². The van der Waals surface area contributed by atoms with Crippen LogP contribution in [-0.2, 0) is 11.3 Å². The van der Waals surface area contributed by atoms with Crippen molar-refractivity contribution in [3.8, 4) is 0 Å². The summed E-state index contributed by atoms with van der Waals surface area (Å²) in [5.41, 5.74) is 4.33. The number of nitrogens with one attached hydrogen (secondary N) is 2. The molecule has 0 amide bonds. The Morgan fingerprint density at radius 3 is 2.71 bits per heavy atom. The minimum absolute atomic E-state index is 0. The fourth-order valence-corrected chi connectivity index (χ4v) is 3.79. The molecule has 1 aromatic carbocycles. The van der Waals surface area contributed by atoms with Crippen LogP contribution in [-0.4, -0.2) is 56.8 Å². The Morgan fingerprint density at radius 2 is 2.04 bits per heavy atom. The number of guanidine groups is 1. The van der Waals surface area contributed by atoms with Crippen molar-refractivity contribution in [1.82, 2.24) is 15.5 Å². The largest absolute Gasteiger partial charge is 0.377 e. The van der Waals surface area contributed by atoms with Gasteiger partial charge in [-0.3, -0.25) is 9.89 Å². The molecule has 0 aliphatic carbocycles. The van der Waals surface area contributed by atoms with Crippen molar-refractivity contribution in [2.24, 2.45) is 4.99 Å². The molecular weight excluding hydrogens is 463 g/mol. The van der Waals surface area contributed by atoms with E-state index in [0.717, 1.165) is 71.0 Å². The Labute approximate surface area is 187 Å². The summed E-state index contributed by atoms with van der Waals surface area (Å²) in [7, 11) is 1.86. The first-order chi connectivity index (χ1) is 13.2. The summed E-state index contributed by atoms with van der Waals surface area (Å²) in [5, 5.41) is 7.07. The van der Waals surface area contributed by atoms with Gasteiger partial charge in [-0.2, -0.15) is 0 Å². The zero-order valence-electron chi connectivity index (χ0n) is 17.2. The molecule has 0 unspecified atom stereocenters. The molecule has 28 heavy (non-hydrogen) atoms. The highest BCUT2D eigenvalue weighted by Crippen LogP contribution is 2.16. The third-order valence-corrected chi connectivity index (χ3v) is 5.60. The van der Waals surface area contributed by atoms with Crippen LogP contribution in [0.25, 0.3) is 0 Å². The summed E-state index contributed by atoms with van der Waals surface area (Å²) in [6.45, 7) is 8.09. The van der Waals surface area contributed by atoms with Crippen molar-refractivity contribution in [2.45, 2.75) is 45.2 Å². The highest BCUT2D eigenvalue weighted by Gasteiger charge is 2.20. The first-order valence-corrected chi connectivity index (χ1v) is 10.2. The van der Waals surface area contributed by atoms with Crippen molar-refractivity contribution in [1.29, 1.82) is 0 Å². The summed E-state index contributed by atoms with van der Waals surface area (Å²) in [4.78, 5) is 6.96. The van der Waals surface area contributed by atoms with E-state index in [2.05, 4.69) is 57.8 Å². The van der Waals surface area contributed by atoms with Crippen LogP contribution in [0, 0.1) is 6.92 Å². The number of piperidine rings is 1. The van der Waals surface area contributed by atoms with Gasteiger partial charge >= 0.3 is 0 Å². The Balaban J connectivity index is 0.00000280. The zero-order chi connectivity index (χ0) is 18.9. The lowest BCUT2D eigenvalue weighted by Gasteiger charge is -2.33. The molecule has 0 spiro atoms. The molecule has 0 bridgehead atoms. The normalized spacial score (nSPS) is 18.9. The summed E-state index contributed by atoms with van der Waals surface area (Å²) in [5.74, 6) is 0.931. The Hall–Kier alpha value is -1.12. The van der Waals surface area contributed by atoms with E-state index in [9.17, 15) is 0 Å². The smallest absolute Gasteiger partial charge is 0.191 e. The fraction of sp³-hybridized carbons (Fsp3) is 0.591. The molecule has 2 aliphatic heterocycles. The quantitative estimate of drug-likeness (QED) is 0.273. The number of benzene rings is 1. The maximum atomic E-state index is 5.36. The number of ether oxygens (including phenoxy) is 1. The van der Waals surface area contributed by atoms with Gasteiger partial charge in [0.15, 0.2) is 5.96 Å². The fourth-order valence-electron chi connectivity index (χ4n) is 3.79. The molecule has 2 N–H and O–H groups in total. The van der Waals surface area contributed by atoms with Crippen LogP contribution in [0.5, 0.6) is 0 Å². The van der Waals surface area contributed by atoms with Gasteiger partial charge in [0.1, 0.15) is 0 Å². The Morgan fingerprint density at radius 1 is 1.25 bits per heavy atom. The zero-order valence-corrected chi connectivity index (χ0v) is 19.6. The van der Waals surface area contributed by atoms with Crippen LogP contribution in [0.2, 0.25) is 0 Å². The summed E-state index contributed by atoms with van der Waals surface area (Å²) >= 11 is 0. The van der Waals surface area contributed by atoms with Crippen LogP contribution in [0.4, 0.5) is 0 Å². The summed E-state index contributed by atoms with van der Waals surface area (Å²) < 4.78 is 5.36. The number of likely N-dealkylation sites (tertiary alicyclic amines) is 1. The Kier molecular flexibility index (Phi) is 10.3. The molecule has 1 fully saturated rings. The van der Waals surface area contributed by atoms with Crippen molar-refractivity contribution < 1.29 is 4.74 Å². The third-order valence-electron chi connectivity index (χ3n) is 5.60. The standard InChI is InChI=1S/C22H34N4O.HI/c1-18-5-3-4-6-20(18)17-26-13-8-21(9-14-26)25-22(23-2)24-12-7-19-10-15-27-16-11-19;/h3-6,10,21H,7-9,11-17H2,1-2H3,(H2,23,24,25);1H. The average molecular weight is 498 g/mol. The molecule has 2 aliphatic rings. The van der Waals surface area contributed by atoms with Gasteiger partial charge in [0, 0.05) is 39.3 Å². The van der Waals surface area contributed by atoms with Gasteiger partial charge in [-0.25, -0.2) is 0 Å². The molecule has 2 heterocycles. The highest BCUT2D eigenvalue weighted by atomic mass is 127. The third kappa shape index (κ3) is 7.37. The second-order valence-corrected chi connectivity index (χ2v) is 7.56. The predicted octanol–water partition coefficient (Wildman–Crippen LogP) is 3.48. The van der Waals surface area contributed by atoms with Crippen LogP contribution >= 0.6 is 24.0 Å². The van der Waals surface area contributed by atoms with Gasteiger partial charge in [-0.05, 0) is 43.7 Å². The number of nitrogens with zero attached hydrogens (tertiary/aromatic N) is 2. The van der Waals surface area contributed by atoms with Gasteiger partial charge < -0.3 is 15.4 Å². The lowest BCUT2D eigenvalue weighted by Crippen LogP contribution is -2.48. The summed E-state index contributed by atoms with van der Waals surface area (Å²) in [6.07, 6.45) is 6.67. The SMILES string of the molecule is CN=C(NCCC1=CCOCC1)NC1CCN(Cc2ccccc2C)CC1.I. The lowest BCUT2D eigenvalue weighted by atomic mass is 10.0. The van der Waals surface area contributed by atoms with E-state index < -0.39 is 0 Å². The Bertz CT molecular complexity index is 654. The van der Waals surface area contributed by atoms with Crippen LogP contribution in [0.1, 0.15) is 36.8 Å². The molecule has 6 heteroatoms. The minimum atomic E-state index is 0. The number of halogens is 1. The maximum absolute atomic E-state index is 5.36. The monoisotopic (exact) mass is 498 g/mol. The number of aliphatic imine (C=N–C) groups is 1. The molecule has 1 saturated heterocycles. The molecule has 156 valence electrons. The number of hydrogen-bond donors (Lipinski definition) is 2. The molecule has 0 saturated carbocycles. The second kappa shape index (κ2) is 12.4. The molecule has 0 aromatic heterocycles. The van der Waals surface area contributed by atoms with Crippen molar-refractivity contribution in [3.63, 3.8) is 0 Å². The van der Waals surface area contributed by atoms with Crippen LogP contribution in [0.3, 0.4) is 0 Å². The van der Waals surface area contributed by atoms with Gasteiger partial charge in [0.2, 0.25) is 0 Å². The number of aryl methyl sites for hydroxylation is 1. The number of rotatable bonds is 6. The first kappa shape index (κ1) is 23.2. The van der Waals surface area contributed by atoms with Crippen molar-refractivity contribution in [2.75, 3.05) is 39.9 Å². The van der Waals surface area contributed by atoms with E-state index in [1.54, 1.807) is 0 Å². The topological polar surface area (TPSA) is 48.9 Å². The van der Waals surface area contributed by atoms with Crippen LogP contribution in [0.15, 0.2) is 40.9 Å². The van der Waals surface area contributed by atoms with Gasteiger partial charge in [-0.15, -0.1) is 24.0 Å². The number of hydrogen-bond acceptors (Lipinski definition) is 3. The predicted molar refractivity (Wildman–Crippen MR) is 128 cm³/mol. The first-order valence-electron chi connectivity index (χ1n) is 10.2. The van der Waals surface area contributed by atoms with Crippen molar-refractivity contribution >= 4 is 29.9 Å². The average Bonchev–Trinajstić information content (AvgIpc) is 2.71. The van der Waals surface area contributed by atoms with E-state index in [4.69, 9.17) is 4.74 Å². The maximum Gasteiger partial charge on any atom is 0.191 e. The van der Waals surface area contributed by atoms with Gasteiger partial charge in [-0.1, -0.05) is 35.9 Å². The second-order valence-electron chi connectivity index (χ2n) is 7.56. The van der Waals surface area contributed by atoms with Crippen LogP contribution < -0.4 is 10.6 Å². The minimum Gasteiger partial charge on any atom is -0.377 e. The molecule has 3 rings (SSSR count). The van der Waals surface area contributed by atoms with Gasteiger partial charge in [0.05, 0.1) is 13.2 Å². The van der Waals surface area contributed by atoms with E-state index in [1.807, 2.05) is 7.05 Å². The molecular formula is C22H35IN4O. The molecule has 0 atom stereocenters. The van der Waals surface area contributed by atoms with E-state index >= 15 is 0 Å².